The molecule has 12 rings (SSSR count). The van der Waals surface area contributed by atoms with Gasteiger partial charge in [0, 0.05) is 17.1 Å². The quantitative estimate of drug-likeness (QED) is 0.139. The fourth-order valence-electron chi connectivity index (χ4n) is 12.3. The molecule has 71 heavy (non-hydrogen) atoms. The van der Waals surface area contributed by atoms with Gasteiger partial charge in [-0.2, -0.15) is 0 Å². The molecule has 0 aliphatic heterocycles. The number of hydrogen-bond acceptors (Lipinski definition) is 1. The maximum absolute atomic E-state index is 2.55. The molecule has 10 aromatic rings. The molecule has 0 saturated carbocycles. The summed E-state index contributed by atoms with van der Waals surface area (Å²) >= 11 is 0. The van der Waals surface area contributed by atoms with Gasteiger partial charge in [-0.3, -0.25) is 0 Å². The lowest BCUT2D eigenvalue weighted by Gasteiger charge is -2.44. The number of rotatable bonds is 9. The lowest BCUT2D eigenvalue weighted by Crippen LogP contribution is -2.42. The predicted octanol–water partition coefficient (Wildman–Crippen LogP) is 18.8. The van der Waals surface area contributed by atoms with Crippen molar-refractivity contribution in [1.29, 1.82) is 0 Å². The zero-order valence-corrected chi connectivity index (χ0v) is 41.6. The van der Waals surface area contributed by atoms with Crippen LogP contribution in [0.5, 0.6) is 0 Å². The first kappa shape index (κ1) is 44.2. The van der Waals surface area contributed by atoms with Gasteiger partial charge in [0.05, 0.1) is 5.41 Å². The monoisotopic (exact) mass is 913 g/mol. The summed E-state index contributed by atoms with van der Waals surface area (Å²) in [5, 5.41) is 0. The van der Waals surface area contributed by atoms with Crippen molar-refractivity contribution >= 4 is 17.1 Å². The SMILES string of the molecule is CC1(C)c2ccc(-c3cc4c(cc3-c3ccc(N(c5ccc(-c6ccccc6)cc5)c5ccc(-c6ccccc6)cc5)cc3)C(c3ccccc3)(c3ccccc3)c3ccccc3-4)cc2C(C)(C)C1(C)C. The minimum Gasteiger partial charge on any atom is -0.311 e. The molecule has 0 amide bonds. The van der Waals surface area contributed by atoms with E-state index in [4.69, 9.17) is 0 Å². The largest absolute Gasteiger partial charge is 0.311 e. The van der Waals surface area contributed by atoms with E-state index < -0.39 is 5.41 Å². The highest BCUT2D eigenvalue weighted by Crippen LogP contribution is 2.63. The first-order chi connectivity index (χ1) is 34.5. The van der Waals surface area contributed by atoms with Gasteiger partial charge in [-0.25, -0.2) is 0 Å². The molecule has 0 heterocycles. The van der Waals surface area contributed by atoms with E-state index in [0.717, 1.165) is 17.1 Å². The highest BCUT2D eigenvalue weighted by Gasteiger charge is 2.57. The lowest BCUT2D eigenvalue weighted by atomic mass is 9.59. The minimum atomic E-state index is -0.524. The average molecular weight is 914 g/mol. The van der Waals surface area contributed by atoms with E-state index in [9.17, 15) is 0 Å². The van der Waals surface area contributed by atoms with Crippen LogP contribution in [-0.2, 0) is 16.2 Å². The van der Waals surface area contributed by atoms with Gasteiger partial charge in [0.1, 0.15) is 0 Å². The second-order valence-corrected chi connectivity index (χ2v) is 21.3. The summed E-state index contributed by atoms with van der Waals surface area (Å²) in [4.78, 5) is 2.38. The fraction of sp³-hybridized carbons (Fsp3) is 0.143. The molecule has 10 aromatic carbocycles. The molecule has 2 aliphatic carbocycles. The third kappa shape index (κ3) is 6.89. The summed E-state index contributed by atoms with van der Waals surface area (Å²) in [5.74, 6) is 0. The van der Waals surface area contributed by atoms with Crippen LogP contribution >= 0.6 is 0 Å². The number of nitrogens with zero attached hydrogens (tertiary/aromatic N) is 1. The molecule has 0 radical (unpaired) electrons. The van der Waals surface area contributed by atoms with Crippen molar-refractivity contribution in [2.75, 3.05) is 4.90 Å². The zero-order valence-electron chi connectivity index (χ0n) is 41.6. The van der Waals surface area contributed by atoms with E-state index >= 15 is 0 Å². The maximum Gasteiger partial charge on any atom is 0.0713 e. The standard InChI is InChI=1S/C70H59N/c1-67(2)64-44-37-53(45-66(64)68(3,4)69(67,5)6)60-46-62-59-29-19-20-30-63(59)70(54-25-15-9-16-26-54,55-27-17-10-18-28-55)65(62)47-61(60)52-35-42-58(43-36-52)71(56-38-31-50(32-39-56)48-21-11-7-12-22-48)57-40-33-51(34-41-57)49-23-13-8-14-24-49/h7-47H,1-6H3. The molecular weight excluding hydrogens is 855 g/mol. The van der Waals surface area contributed by atoms with Crippen molar-refractivity contribution in [3.63, 3.8) is 0 Å². The Labute approximate surface area is 420 Å². The number of anilines is 3. The molecule has 2 aliphatic rings. The van der Waals surface area contributed by atoms with E-state index in [1.54, 1.807) is 0 Å². The smallest absolute Gasteiger partial charge is 0.0713 e. The van der Waals surface area contributed by atoms with Crippen LogP contribution in [0.3, 0.4) is 0 Å². The van der Waals surface area contributed by atoms with Gasteiger partial charge >= 0.3 is 0 Å². The summed E-state index contributed by atoms with van der Waals surface area (Å²) in [6, 6.07) is 92.5. The predicted molar refractivity (Wildman–Crippen MR) is 300 cm³/mol. The minimum absolute atomic E-state index is 0.0144. The molecule has 0 atom stereocenters. The molecule has 344 valence electrons. The lowest BCUT2D eigenvalue weighted by molar-refractivity contribution is 0.125. The molecule has 1 heteroatoms. The maximum atomic E-state index is 2.55. The third-order valence-corrected chi connectivity index (χ3v) is 17.3. The van der Waals surface area contributed by atoms with Crippen molar-refractivity contribution in [3.05, 3.63) is 282 Å². The van der Waals surface area contributed by atoms with Crippen LogP contribution in [0.15, 0.2) is 249 Å². The summed E-state index contributed by atoms with van der Waals surface area (Å²) in [6.45, 7) is 14.7. The second-order valence-electron chi connectivity index (χ2n) is 21.3. The third-order valence-electron chi connectivity index (χ3n) is 17.3. The summed E-state index contributed by atoms with van der Waals surface area (Å²) in [7, 11) is 0. The van der Waals surface area contributed by atoms with Crippen LogP contribution in [0.2, 0.25) is 0 Å². The number of fused-ring (bicyclic) bond motifs is 4. The molecule has 0 aromatic heterocycles. The summed E-state index contributed by atoms with van der Waals surface area (Å²) < 4.78 is 0. The van der Waals surface area contributed by atoms with Gasteiger partial charge in [0.15, 0.2) is 0 Å². The Hall–Kier alpha value is -8.00. The fourth-order valence-corrected chi connectivity index (χ4v) is 12.3. The Morgan fingerprint density at radius 3 is 1.15 bits per heavy atom. The van der Waals surface area contributed by atoms with Crippen molar-refractivity contribution in [2.45, 2.75) is 57.8 Å². The Balaban J connectivity index is 1.06. The van der Waals surface area contributed by atoms with Gasteiger partial charge in [0.25, 0.3) is 0 Å². The molecule has 1 nitrogen and oxygen atoms in total. The number of benzene rings is 10. The van der Waals surface area contributed by atoms with Crippen molar-refractivity contribution < 1.29 is 0 Å². The Morgan fingerprint density at radius 1 is 0.254 bits per heavy atom. The van der Waals surface area contributed by atoms with Crippen molar-refractivity contribution in [2.24, 2.45) is 5.41 Å². The molecule has 0 unspecified atom stereocenters. The molecule has 0 fully saturated rings. The topological polar surface area (TPSA) is 3.24 Å². The van der Waals surface area contributed by atoms with Crippen LogP contribution in [0, 0.1) is 5.41 Å². The molecule has 0 spiro atoms. The van der Waals surface area contributed by atoms with E-state index in [1.165, 1.54) is 89.0 Å². The van der Waals surface area contributed by atoms with Crippen LogP contribution in [0.4, 0.5) is 17.1 Å². The Kier molecular flexibility index (Phi) is 10.5. The van der Waals surface area contributed by atoms with Crippen LogP contribution in [0.25, 0.3) is 55.6 Å². The number of hydrogen-bond donors (Lipinski definition) is 0. The van der Waals surface area contributed by atoms with Crippen molar-refractivity contribution in [3.8, 4) is 55.6 Å². The van der Waals surface area contributed by atoms with E-state index in [-0.39, 0.29) is 16.2 Å². The first-order valence-electron chi connectivity index (χ1n) is 25.2. The molecule has 0 saturated heterocycles. The summed E-state index contributed by atoms with van der Waals surface area (Å²) in [5.41, 5.74) is 23.1. The highest BCUT2D eigenvalue weighted by molar-refractivity contribution is 5.95. The Bertz CT molecular complexity index is 3430. The van der Waals surface area contributed by atoms with Gasteiger partial charge in [-0.05, 0) is 154 Å². The van der Waals surface area contributed by atoms with Gasteiger partial charge in [0.2, 0.25) is 0 Å². The molecule has 0 bridgehead atoms. The van der Waals surface area contributed by atoms with Gasteiger partial charge in [-0.1, -0.05) is 242 Å². The van der Waals surface area contributed by atoms with Gasteiger partial charge < -0.3 is 4.90 Å². The van der Waals surface area contributed by atoms with Crippen molar-refractivity contribution in [1.82, 2.24) is 0 Å². The second kappa shape index (κ2) is 16.9. The summed E-state index contributed by atoms with van der Waals surface area (Å²) in [6.07, 6.45) is 0. The van der Waals surface area contributed by atoms with Gasteiger partial charge in [-0.15, -0.1) is 0 Å². The normalized spacial score (nSPS) is 15.4. The molecule has 0 N–H and O–H groups in total. The Morgan fingerprint density at radius 2 is 0.648 bits per heavy atom. The average Bonchev–Trinajstić information content (AvgIpc) is 3.76. The highest BCUT2D eigenvalue weighted by atomic mass is 15.1. The van der Waals surface area contributed by atoms with Crippen LogP contribution in [-0.4, -0.2) is 0 Å². The van der Waals surface area contributed by atoms with Crippen LogP contribution in [0.1, 0.15) is 74.9 Å². The van der Waals surface area contributed by atoms with E-state index in [2.05, 4.69) is 295 Å². The van der Waals surface area contributed by atoms with E-state index in [0.29, 0.717) is 0 Å². The zero-order chi connectivity index (χ0) is 48.5. The molecular formula is C70H59N. The van der Waals surface area contributed by atoms with E-state index in [1.807, 2.05) is 0 Å². The van der Waals surface area contributed by atoms with Crippen LogP contribution < -0.4 is 4.90 Å². The first-order valence-corrected chi connectivity index (χ1v) is 25.2.